The first kappa shape index (κ1) is 15.1. The van der Waals surface area contributed by atoms with E-state index in [-0.39, 0.29) is 5.88 Å². The Labute approximate surface area is 145 Å². The second-order valence-electron chi connectivity index (χ2n) is 5.71. The van der Waals surface area contributed by atoms with Gasteiger partial charge >= 0.3 is 0 Å². The first-order valence-electron chi connectivity index (χ1n) is 8.01. The molecule has 4 nitrogen and oxygen atoms in total. The normalized spacial score (nSPS) is 10.7. The fourth-order valence-electron chi connectivity index (χ4n) is 2.71. The summed E-state index contributed by atoms with van der Waals surface area (Å²) >= 11 is 0. The lowest BCUT2D eigenvalue weighted by molar-refractivity contribution is 0.294. The van der Waals surface area contributed by atoms with Gasteiger partial charge in [0.15, 0.2) is 0 Å². The fourth-order valence-corrected chi connectivity index (χ4v) is 2.71. The van der Waals surface area contributed by atoms with Crippen LogP contribution in [0.15, 0.2) is 79.0 Å². The standard InChI is InChI=1S/C21H16N2O2/c24-21-18-9-5-4-8-16(18)12-19(23-21)17-10-11-22-20(13-17)25-14-15-6-2-1-3-7-15/h1-13H,14H2,(H,23,24). The molecule has 2 aromatic heterocycles. The van der Waals surface area contributed by atoms with E-state index in [2.05, 4.69) is 9.97 Å². The monoisotopic (exact) mass is 328 g/mol. The van der Waals surface area contributed by atoms with Gasteiger partial charge in [0.2, 0.25) is 11.8 Å². The van der Waals surface area contributed by atoms with Crippen LogP contribution in [0.25, 0.3) is 22.0 Å². The van der Waals surface area contributed by atoms with Crippen molar-refractivity contribution in [1.29, 1.82) is 0 Å². The fraction of sp³-hybridized carbons (Fsp3) is 0.0476. The summed E-state index contributed by atoms with van der Waals surface area (Å²) in [4.78, 5) is 8.56. The van der Waals surface area contributed by atoms with E-state index in [1.807, 2.05) is 72.8 Å². The maximum Gasteiger partial charge on any atom is 0.219 e. The van der Waals surface area contributed by atoms with Crippen LogP contribution in [0.1, 0.15) is 5.56 Å². The summed E-state index contributed by atoms with van der Waals surface area (Å²) in [7, 11) is 0. The highest BCUT2D eigenvalue weighted by atomic mass is 16.5. The Kier molecular flexibility index (Phi) is 4.01. The molecule has 0 aliphatic carbocycles. The zero-order chi connectivity index (χ0) is 17.1. The number of nitrogens with zero attached hydrogens (tertiary/aromatic N) is 2. The average Bonchev–Trinajstić information content (AvgIpc) is 2.67. The summed E-state index contributed by atoms with van der Waals surface area (Å²) in [6.45, 7) is 0.452. The minimum atomic E-state index is 0.0247. The summed E-state index contributed by atoms with van der Waals surface area (Å²) in [5, 5.41) is 11.9. The van der Waals surface area contributed by atoms with Crippen LogP contribution in [-0.4, -0.2) is 15.1 Å². The van der Waals surface area contributed by atoms with Gasteiger partial charge in [-0.2, -0.15) is 0 Å². The number of ether oxygens (including phenoxy) is 1. The number of benzene rings is 2. The molecule has 0 atom stereocenters. The lowest BCUT2D eigenvalue weighted by atomic mass is 10.1. The van der Waals surface area contributed by atoms with Crippen LogP contribution in [0.4, 0.5) is 0 Å². The molecule has 0 saturated heterocycles. The van der Waals surface area contributed by atoms with Gasteiger partial charge in [0.1, 0.15) is 6.61 Å². The highest BCUT2D eigenvalue weighted by Crippen LogP contribution is 2.29. The SMILES string of the molecule is Oc1nc(-c2ccnc(OCc3ccccc3)c2)cc2ccccc12. The minimum Gasteiger partial charge on any atom is -0.493 e. The van der Waals surface area contributed by atoms with Gasteiger partial charge in [-0.3, -0.25) is 0 Å². The van der Waals surface area contributed by atoms with Gasteiger partial charge in [0, 0.05) is 23.2 Å². The Morgan fingerprint density at radius 3 is 2.56 bits per heavy atom. The van der Waals surface area contributed by atoms with Gasteiger partial charge in [-0.15, -0.1) is 0 Å². The Bertz CT molecular complexity index is 1020. The first-order chi connectivity index (χ1) is 12.3. The molecule has 0 saturated carbocycles. The third-order valence-electron chi connectivity index (χ3n) is 3.98. The molecule has 0 aliphatic rings. The number of fused-ring (bicyclic) bond motifs is 1. The molecule has 4 aromatic rings. The molecule has 4 heteroatoms. The predicted molar refractivity (Wildman–Crippen MR) is 97.4 cm³/mol. The van der Waals surface area contributed by atoms with Crippen molar-refractivity contribution in [1.82, 2.24) is 9.97 Å². The van der Waals surface area contributed by atoms with Gasteiger partial charge in [-0.1, -0.05) is 48.5 Å². The van der Waals surface area contributed by atoms with Crippen molar-refractivity contribution >= 4 is 10.8 Å². The van der Waals surface area contributed by atoms with E-state index < -0.39 is 0 Å². The van der Waals surface area contributed by atoms with Crippen molar-refractivity contribution in [2.75, 3.05) is 0 Å². The smallest absolute Gasteiger partial charge is 0.219 e. The van der Waals surface area contributed by atoms with E-state index in [1.54, 1.807) is 6.20 Å². The van der Waals surface area contributed by atoms with Crippen LogP contribution in [-0.2, 0) is 6.61 Å². The largest absolute Gasteiger partial charge is 0.493 e. The molecule has 4 rings (SSSR count). The summed E-state index contributed by atoms with van der Waals surface area (Å²) in [6, 6.07) is 23.2. The molecule has 2 aromatic carbocycles. The molecule has 0 radical (unpaired) electrons. The van der Waals surface area contributed by atoms with Gasteiger partial charge in [-0.25, -0.2) is 9.97 Å². The maximum atomic E-state index is 10.2. The predicted octanol–water partition coefficient (Wildman–Crippen LogP) is 4.58. The van der Waals surface area contributed by atoms with Gasteiger partial charge in [-0.05, 0) is 29.1 Å². The number of pyridine rings is 2. The van der Waals surface area contributed by atoms with Crippen molar-refractivity contribution in [3.05, 3.63) is 84.6 Å². The number of rotatable bonds is 4. The Hall–Kier alpha value is -3.40. The molecular weight excluding hydrogens is 312 g/mol. The van der Waals surface area contributed by atoms with E-state index in [9.17, 15) is 5.11 Å². The Morgan fingerprint density at radius 2 is 1.68 bits per heavy atom. The number of hydrogen-bond acceptors (Lipinski definition) is 4. The van der Waals surface area contributed by atoms with Crippen molar-refractivity contribution < 1.29 is 9.84 Å². The van der Waals surface area contributed by atoms with E-state index in [1.165, 1.54) is 0 Å². The highest BCUT2D eigenvalue weighted by molar-refractivity contribution is 5.89. The Morgan fingerprint density at radius 1 is 0.880 bits per heavy atom. The second kappa shape index (κ2) is 6.61. The highest BCUT2D eigenvalue weighted by Gasteiger charge is 2.08. The van der Waals surface area contributed by atoms with E-state index >= 15 is 0 Å². The minimum absolute atomic E-state index is 0.0247. The van der Waals surface area contributed by atoms with Crippen LogP contribution >= 0.6 is 0 Å². The molecule has 0 spiro atoms. The van der Waals surface area contributed by atoms with Crippen molar-refractivity contribution in [3.63, 3.8) is 0 Å². The molecule has 0 aliphatic heterocycles. The van der Waals surface area contributed by atoms with Crippen LogP contribution in [0.5, 0.6) is 11.8 Å². The third-order valence-corrected chi connectivity index (χ3v) is 3.98. The summed E-state index contributed by atoms with van der Waals surface area (Å²) in [5.41, 5.74) is 2.61. The molecule has 0 bridgehead atoms. The average molecular weight is 328 g/mol. The van der Waals surface area contributed by atoms with Crippen LogP contribution in [0, 0.1) is 0 Å². The lowest BCUT2D eigenvalue weighted by Gasteiger charge is -2.08. The van der Waals surface area contributed by atoms with Crippen LogP contribution in [0.2, 0.25) is 0 Å². The van der Waals surface area contributed by atoms with Crippen molar-refractivity contribution in [2.45, 2.75) is 6.61 Å². The van der Waals surface area contributed by atoms with Crippen LogP contribution in [0.3, 0.4) is 0 Å². The molecule has 122 valence electrons. The summed E-state index contributed by atoms with van der Waals surface area (Å²) in [5.74, 6) is 0.549. The van der Waals surface area contributed by atoms with Crippen LogP contribution < -0.4 is 4.74 Å². The Balaban J connectivity index is 1.63. The third kappa shape index (κ3) is 3.28. The second-order valence-corrected chi connectivity index (χ2v) is 5.71. The molecular formula is C21H16N2O2. The summed E-state index contributed by atoms with van der Waals surface area (Å²) in [6.07, 6.45) is 1.68. The zero-order valence-electron chi connectivity index (χ0n) is 13.5. The summed E-state index contributed by atoms with van der Waals surface area (Å²) < 4.78 is 5.77. The quantitative estimate of drug-likeness (QED) is 0.596. The van der Waals surface area contributed by atoms with Crippen molar-refractivity contribution in [3.8, 4) is 23.0 Å². The van der Waals surface area contributed by atoms with Gasteiger partial charge in [0.05, 0.1) is 5.69 Å². The first-order valence-corrected chi connectivity index (χ1v) is 8.01. The molecule has 25 heavy (non-hydrogen) atoms. The van der Waals surface area contributed by atoms with E-state index in [0.717, 1.165) is 21.9 Å². The number of hydrogen-bond donors (Lipinski definition) is 1. The zero-order valence-corrected chi connectivity index (χ0v) is 13.5. The van der Waals surface area contributed by atoms with Gasteiger partial charge < -0.3 is 9.84 Å². The van der Waals surface area contributed by atoms with E-state index in [4.69, 9.17) is 4.74 Å². The topological polar surface area (TPSA) is 55.2 Å². The molecule has 0 fully saturated rings. The molecule has 1 N–H and O–H groups in total. The van der Waals surface area contributed by atoms with Gasteiger partial charge in [0.25, 0.3) is 0 Å². The van der Waals surface area contributed by atoms with E-state index in [0.29, 0.717) is 18.2 Å². The lowest BCUT2D eigenvalue weighted by Crippen LogP contribution is -1.97. The molecule has 0 amide bonds. The molecule has 0 unspecified atom stereocenters. The number of aromatic nitrogens is 2. The van der Waals surface area contributed by atoms with Crippen molar-refractivity contribution in [2.24, 2.45) is 0 Å². The number of aromatic hydroxyl groups is 1. The molecule has 2 heterocycles. The maximum absolute atomic E-state index is 10.2.